The van der Waals surface area contributed by atoms with Gasteiger partial charge in [0.1, 0.15) is 5.82 Å². The summed E-state index contributed by atoms with van der Waals surface area (Å²) < 4.78 is 14.6. The van der Waals surface area contributed by atoms with E-state index in [4.69, 9.17) is 0 Å². The van der Waals surface area contributed by atoms with E-state index < -0.39 is 11.8 Å². The van der Waals surface area contributed by atoms with Crippen LogP contribution in [0.1, 0.15) is 27.2 Å². The zero-order chi connectivity index (χ0) is 15.0. The van der Waals surface area contributed by atoms with Gasteiger partial charge in [-0.15, -0.1) is 0 Å². The zero-order valence-corrected chi connectivity index (χ0v) is 11.4. The summed E-state index contributed by atoms with van der Waals surface area (Å²) in [4.78, 5) is 23.4. The summed E-state index contributed by atoms with van der Waals surface area (Å²) in [7, 11) is 0. The minimum Gasteiger partial charge on any atom is -0.478 e. The van der Waals surface area contributed by atoms with Gasteiger partial charge in [0.25, 0.3) is 5.56 Å². The van der Waals surface area contributed by atoms with Crippen LogP contribution >= 0.6 is 0 Å². The highest BCUT2D eigenvalue weighted by Gasteiger charge is 2.17. The number of benzene rings is 1. The number of rotatable bonds is 2. The lowest BCUT2D eigenvalue weighted by Gasteiger charge is -2.16. The fourth-order valence-corrected chi connectivity index (χ4v) is 2.33. The predicted octanol–water partition coefficient (Wildman–Crippen LogP) is 2.60. The Morgan fingerprint density at radius 2 is 1.80 bits per heavy atom. The Morgan fingerprint density at radius 1 is 1.15 bits per heavy atom. The Morgan fingerprint density at radius 3 is 2.40 bits per heavy atom. The van der Waals surface area contributed by atoms with Crippen LogP contribution in [0.3, 0.4) is 0 Å². The number of hydrogen-bond acceptors (Lipinski definition) is 2. The first-order chi connectivity index (χ1) is 9.32. The zero-order valence-electron chi connectivity index (χ0n) is 11.4. The van der Waals surface area contributed by atoms with E-state index in [1.54, 1.807) is 26.8 Å². The summed E-state index contributed by atoms with van der Waals surface area (Å²) in [5, 5.41) is 9.24. The molecule has 0 saturated carbocycles. The molecule has 2 aromatic rings. The highest BCUT2D eigenvalue weighted by molar-refractivity contribution is 5.90. The Kier molecular flexibility index (Phi) is 3.44. The van der Waals surface area contributed by atoms with Crippen molar-refractivity contribution in [3.05, 3.63) is 62.8 Å². The van der Waals surface area contributed by atoms with Crippen molar-refractivity contribution in [1.82, 2.24) is 4.57 Å². The minimum atomic E-state index is -1.11. The Balaban J connectivity index is 2.88. The summed E-state index contributed by atoms with van der Waals surface area (Å²) in [5.41, 5.74) is 1.42. The van der Waals surface area contributed by atoms with Gasteiger partial charge in [-0.25, -0.2) is 9.18 Å². The summed E-state index contributed by atoms with van der Waals surface area (Å²) in [6.45, 7) is 4.85. The van der Waals surface area contributed by atoms with Gasteiger partial charge >= 0.3 is 5.97 Å². The molecule has 0 atom stereocenters. The third kappa shape index (κ3) is 2.22. The summed E-state index contributed by atoms with van der Waals surface area (Å²) >= 11 is 0. The second-order valence-electron chi connectivity index (χ2n) is 4.70. The Labute approximate surface area is 115 Å². The van der Waals surface area contributed by atoms with Gasteiger partial charge in [0.2, 0.25) is 0 Å². The van der Waals surface area contributed by atoms with Crippen LogP contribution in [0.15, 0.2) is 29.1 Å². The standard InChI is InChI=1S/C15H14FNO3/c1-8-4-5-11(16)7-12(8)17-10(3)14(15(19)20)9(2)6-13(17)18/h4-7H,1-3H3,(H,19,20). The van der Waals surface area contributed by atoms with E-state index in [1.807, 2.05) is 0 Å². The van der Waals surface area contributed by atoms with Crippen LogP contribution < -0.4 is 5.56 Å². The smallest absolute Gasteiger partial charge is 0.337 e. The molecule has 2 rings (SSSR count). The summed E-state index contributed by atoms with van der Waals surface area (Å²) in [6, 6.07) is 5.33. The maximum Gasteiger partial charge on any atom is 0.337 e. The molecular weight excluding hydrogens is 261 g/mol. The van der Waals surface area contributed by atoms with E-state index in [0.717, 1.165) is 0 Å². The molecule has 1 aromatic carbocycles. The van der Waals surface area contributed by atoms with Crippen molar-refractivity contribution in [3.8, 4) is 5.69 Å². The van der Waals surface area contributed by atoms with Gasteiger partial charge in [-0.3, -0.25) is 9.36 Å². The number of aryl methyl sites for hydroxylation is 2. The number of aromatic nitrogens is 1. The molecule has 0 bridgehead atoms. The van der Waals surface area contributed by atoms with Crippen LogP contribution in [0.2, 0.25) is 0 Å². The molecular formula is C15H14FNO3. The van der Waals surface area contributed by atoms with Gasteiger partial charge in [-0.05, 0) is 44.0 Å². The van der Waals surface area contributed by atoms with Gasteiger partial charge in [0.15, 0.2) is 0 Å². The third-order valence-corrected chi connectivity index (χ3v) is 3.28. The normalized spacial score (nSPS) is 10.6. The topological polar surface area (TPSA) is 59.3 Å². The van der Waals surface area contributed by atoms with Crippen LogP contribution in [-0.4, -0.2) is 15.6 Å². The number of aromatic carboxylic acids is 1. The average molecular weight is 275 g/mol. The molecule has 0 amide bonds. The van der Waals surface area contributed by atoms with Gasteiger partial charge in [-0.1, -0.05) is 6.07 Å². The van der Waals surface area contributed by atoms with Crippen molar-refractivity contribution in [2.75, 3.05) is 0 Å². The average Bonchev–Trinajstić information content (AvgIpc) is 2.32. The molecule has 1 heterocycles. The lowest BCUT2D eigenvalue weighted by molar-refractivity contribution is 0.0694. The number of carboxylic acids is 1. The molecule has 0 radical (unpaired) electrons. The van der Waals surface area contributed by atoms with E-state index in [1.165, 1.54) is 22.8 Å². The largest absolute Gasteiger partial charge is 0.478 e. The van der Waals surface area contributed by atoms with Gasteiger partial charge in [0, 0.05) is 11.8 Å². The fraction of sp³-hybridized carbons (Fsp3) is 0.200. The van der Waals surface area contributed by atoms with E-state index in [0.29, 0.717) is 16.8 Å². The second kappa shape index (κ2) is 4.92. The van der Waals surface area contributed by atoms with Crippen LogP contribution in [-0.2, 0) is 0 Å². The maximum absolute atomic E-state index is 13.4. The molecule has 1 N–H and O–H groups in total. The van der Waals surface area contributed by atoms with Crippen LogP contribution in [0, 0.1) is 26.6 Å². The van der Waals surface area contributed by atoms with Crippen LogP contribution in [0.5, 0.6) is 0 Å². The first kappa shape index (κ1) is 14.0. The number of carbonyl (C=O) groups is 1. The number of carboxylic acid groups (broad SMARTS) is 1. The molecule has 0 spiro atoms. The maximum atomic E-state index is 13.4. The van der Waals surface area contributed by atoms with Crippen molar-refractivity contribution >= 4 is 5.97 Å². The number of halogens is 1. The molecule has 1 aromatic heterocycles. The molecule has 104 valence electrons. The van der Waals surface area contributed by atoms with Crippen molar-refractivity contribution in [3.63, 3.8) is 0 Å². The molecule has 5 heteroatoms. The molecule has 0 aliphatic heterocycles. The van der Waals surface area contributed by atoms with Gasteiger partial charge < -0.3 is 5.11 Å². The molecule has 0 aliphatic rings. The second-order valence-corrected chi connectivity index (χ2v) is 4.70. The van der Waals surface area contributed by atoms with Crippen molar-refractivity contribution in [1.29, 1.82) is 0 Å². The molecule has 0 aliphatic carbocycles. The quantitative estimate of drug-likeness (QED) is 0.916. The number of hydrogen-bond donors (Lipinski definition) is 1. The Bertz CT molecular complexity index is 762. The van der Waals surface area contributed by atoms with E-state index in [9.17, 15) is 19.1 Å². The van der Waals surface area contributed by atoms with Crippen molar-refractivity contribution in [2.24, 2.45) is 0 Å². The molecule has 0 unspecified atom stereocenters. The van der Waals surface area contributed by atoms with Gasteiger partial charge in [-0.2, -0.15) is 0 Å². The Hall–Kier alpha value is -2.43. The van der Waals surface area contributed by atoms with Crippen LogP contribution in [0.25, 0.3) is 5.69 Å². The monoisotopic (exact) mass is 275 g/mol. The van der Waals surface area contributed by atoms with E-state index >= 15 is 0 Å². The molecule has 20 heavy (non-hydrogen) atoms. The molecule has 4 nitrogen and oxygen atoms in total. The number of nitrogens with zero attached hydrogens (tertiary/aromatic N) is 1. The van der Waals surface area contributed by atoms with E-state index in [2.05, 4.69) is 0 Å². The lowest BCUT2D eigenvalue weighted by atomic mass is 10.1. The lowest BCUT2D eigenvalue weighted by Crippen LogP contribution is -2.24. The van der Waals surface area contributed by atoms with Crippen molar-refractivity contribution < 1.29 is 14.3 Å². The predicted molar refractivity (Wildman–Crippen MR) is 73.2 cm³/mol. The fourth-order valence-electron chi connectivity index (χ4n) is 2.33. The van der Waals surface area contributed by atoms with Crippen LogP contribution in [0.4, 0.5) is 4.39 Å². The van der Waals surface area contributed by atoms with Gasteiger partial charge in [0.05, 0.1) is 11.3 Å². The first-order valence-electron chi connectivity index (χ1n) is 6.06. The van der Waals surface area contributed by atoms with Crippen molar-refractivity contribution in [2.45, 2.75) is 20.8 Å². The number of pyridine rings is 1. The highest BCUT2D eigenvalue weighted by atomic mass is 19.1. The highest BCUT2D eigenvalue weighted by Crippen LogP contribution is 2.19. The summed E-state index contributed by atoms with van der Waals surface area (Å²) in [5.74, 6) is -1.59. The summed E-state index contributed by atoms with van der Waals surface area (Å²) in [6.07, 6.45) is 0. The SMILES string of the molecule is Cc1ccc(F)cc1-n1c(C)c(C(=O)O)c(C)cc1=O. The molecule has 0 fully saturated rings. The van der Waals surface area contributed by atoms with E-state index in [-0.39, 0.29) is 16.8 Å². The third-order valence-electron chi connectivity index (χ3n) is 3.28. The minimum absolute atomic E-state index is 0.0632. The first-order valence-corrected chi connectivity index (χ1v) is 6.06. The molecule has 0 saturated heterocycles.